The summed E-state index contributed by atoms with van der Waals surface area (Å²) in [6.45, 7) is 10.9. The number of nitrogens with one attached hydrogen (secondary N) is 1. The molecule has 2 N–H and O–H groups in total. The van der Waals surface area contributed by atoms with E-state index >= 15 is 0 Å². The normalized spacial score (nSPS) is 14.8. The van der Waals surface area contributed by atoms with Crippen LogP contribution in [0.3, 0.4) is 0 Å². The fraction of sp³-hybridized carbons (Fsp3) is 0.318. The Balaban J connectivity index is 1.67. The topological polar surface area (TPSA) is 65.6 Å². The third-order valence-electron chi connectivity index (χ3n) is 5.33. The molecule has 0 saturated carbocycles. The van der Waals surface area contributed by atoms with E-state index in [1.165, 1.54) is 6.07 Å². The van der Waals surface area contributed by atoms with Crippen LogP contribution >= 0.6 is 0 Å². The van der Waals surface area contributed by atoms with Crippen molar-refractivity contribution in [2.24, 2.45) is 0 Å². The number of piperidine rings is 1. The number of aromatic nitrogens is 2. The maximum atomic E-state index is 13.8. The SMILES string of the molecule is [C-]#[N+]c1ccc2c(N3CCC(O)CC3)nnc(NCc3ccc(C)c(F)c3)c2c1. The quantitative estimate of drug-likeness (QED) is 0.653. The van der Waals surface area contributed by atoms with Crippen molar-refractivity contribution in [2.45, 2.75) is 32.4 Å². The minimum absolute atomic E-state index is 0.238. The van der Waals surface area contributed by atoms with Crippen molar-refractivity contribution in [2.75, 3.05) is 23.3 Å². The smallest absolute Gasteiger partial charge is 0.188 e. The van der Waals surface area contributed by atoms with Gasteiger partial charge in [0.1, 0.15) is 5.82 Å². The lowest BCUT2D eigenvalue weighted by Gasteiger charge is -2.31. The van der Waals surface area contributed by atoms with Crippen molar-refractivity contribution >= 4 is 28.1 Å². The van der Waals surface area contributed by atoms with E-state index in [0.29, 0.717) is 49.5 Å². The van der Waals surface area contributed by atoms with Gasteiger partial charge in [-0.2, -0.15) is 0 Å². The molecular weight excluding hydrogens is 369 g/mol. The summed E-state index contributed by atoms with van der Waals surface area (Å²) in [7, 11) is 0. The van der Waals surface area contributed by atoms with Gasteiger partial charge in [0.15, 0.2) is 17.3 Å². The van der Waals surface area contributed by atoms with Gasteiger partial charge in [-0.05, 0) is 43.0 Å². The summed E-state index contributed by atoms with van der Waals surface area (Å²) < 4.78 is 13.8. The molecule has 29 heavy (non-hydrogen) atoms. The number of anilines is 2. The first-order valence-electron chi connectivity index (χ1n) is 9.65. The summed E-state index contributed by atoms with van der Waals surface area (Å²) in [6, 6.07) is 10.6. The Morgan fingerprint density at radius 1 is 1.17 bits per heavy atom. The number of nitrogens with zero attached hydrogens (tertiary/aromatic N) is 4. The Bertz CT molecular complexity index is 1090. The van der Waals surface area contributed by atoms with Gasteiger partial charge in [0.25, 0.3) is 0 Å². The molecule has 0 spiro atoms. The number of halogens is 1. The monoisotopic (exact) mass is 391 g/mol. The van der Waals surface area contributed by atoms with E-state index in [-0.39, 0.29) is 11.9 Å². The van der Waals surface area contributed by atoms with Crippen molar-refractivity contribution in [3.8, 4) is 0 Å². The van der Waals surface area contributed by atoms with E-state index in [1.54, 1.807) is 25.1 Å². The fourth-order valence-corrected chi connectivity index (χ4v) is 3.57. The minimum Gasteiger partial charge on any atom is -0.393 e. The van der Waals surface area contributed by atoms with E-state index in [1.807, 2.05) is 12.1 Å². The van der Waals surface area contributed by atoms with Gasteiger partial charge in [-0.3, -0.25) is 0 Å². The van der Waals surface area contributed by atoms with Crippen LogP contribution in [0.1, 0.15) is 24.0 Å². The summed E-state index contributed by atoms with van der Waals surface area (Å²) in [6.07, 6.45) is 1.12. The Hall–Kier alpha value is -3.24. The van der Waals surface area contributed by atoms with Crippen LogP contribution in [0.25, 0.3) is 15.6 Å². The molecule has 4 rings (SSSR count). The summed E-state index contributed by atoms with van der Waals surface area (Å²) >= 11 is 0. The number of aliphatic hydroxyl groups excluding tert-OH is 1. The molecule has 0 unspecified atom stereocenters. The zero-order valence-electron chi connectivity index (χ0n) is 16.2. The lowest BCUT2D eigenvalue weighted by atomic mass is 10.1. The van der Waals surface area contributed by atoms with Crippen LogP contribution in [0.5, 0.6) is 0 Å². The molecule has 0 bridgehead atoms. The highest BCUT2D eigenvalue weighted by Gasteiger charge is 2.21. The number of aryl methyl sites for hydroxylation is 1. The highest BCUT2D eigenvalue weighted by molar-refractivity contribution is 6.00. The molecule has 6 nitrogen and oxygen atoms in total. The van der Waals surface area contributed by atoms with E-state index < -0.39 is 0 Å². The maximum Gasteiger partial charge on any atom is 0.188 e. The van der Waals surface area contributed by atoms with Crippen LogP contribution in [0.15, 0.2) is 36.4 Å². The number of aliphatic hydroxyl groups is 1. The average molecular weight is 391 g/mol. The highest BCUT2D eigenvalue weighted by Crippen LogP contribution is 2.33. The van der Waals surface area contributed by atoms with Gasteiger partial charge in [-0.1, -0.05) is 24.3 Å². The van der Waals surface area contributed by atoms with E-state index in [0.717, 1.165) is 22.2 Å². The molecule has 0 amide bonds. The summed E-state index contributed by atoms with van der Waals surface area (Å²) in [5, 5.41) is 23.5. The van der Waals surface area contributed by atoms with Gasteiger partial charge in [0, 0.05) is 30.4 Å². The predicted octanol–water partition coefficient (Wildman–Crippen LogP) is 4.20. The third-order valence-corrected chi connectivity index (χ3v) is 5.33. The van der Waals surface area contributed by atoms with Gasteiger partial charge in [-0.15, -0.1) is 10.2 Å². The zero-order chi connectivity index (χ0) is 20.4. The van der Waals surface area contributed by atoms with Crippen LogP contribution in [0.2, 0.25) is 0 Å². The Labute approximate surface area is 168 Å². The molecule has 0 radical (unpaired) electrons. The average Bonchev–Trinajstić information content (AvgIpc) is 2.74. The molecule has 7 heteroatoms. The number of benzene rings is 2. The van der Waals surface area contributed by atoms with Gasteiger partial charge >= 0.3 is 0 Å². The first-order valence-corrected chi connectivity index (χ1v) is 9.65. The standard InChI is InChI=1S/C22H22FN5O/c1-14-3-4-15(11-20(14)23)13-25-21-19-12-16(24-2)5-6-18(19)22(27-26-21)28-9-7-17(29)8-10-28/h3-6,11-12,17,29H,7-10,13H2,1H3,(H,25,26). The molecule has 2 heterocycles. The van der Waals surface area contributed by atoms with Crippen LogP contribution in [0, 0.1) is 19.3 Å². The van der Waals surface area contributed by atoms with Crippen LogP contribution < -0.4 is 10.2 Å². The summed E-state index contributed by atoms with van der Waals surface area (Å²) in [5.74, 6) is 1.08. The second-order valence-electron chi connectivity index (χ2n) is 7.37. The van der Waals surface area contributed by atoms with Crippen molar-refractivity contribution in [3.05, 3.63) is 64.8 Å². The minimum atomic E-state index is -0.268. The predicted molar refractivity (Wildman–Crippen MR) is 112 cm³/mol. The summed E-state index contributed by atoms with van der Waals surface area (Å²) in [5.41, 5.74) is 1.94. The second kappa shape index (κ2) is 8.02. The van der Waals surface area contributed by atoms with Crippen molar-refractivity contribution < 1.29 is 9.50 Å². The lowest BCUT2D eigenvalue weighted by Crippen LogP contribution is -2.36. The van der Waals surface area contributed by atoms with Crippen molar-refractivity contribution in [3.63, 3.8) is 0 Å². The van der Waals surface area contributed by atoms with Crippen LogP contribution in [-0.2, 0) is 6.54 Å². The molecular formula is C22H22FN5O. The Morgan fingerprint density at radius 2 is 1.97 bits per heavy atom. The molecule has 1 fully saturated rings. The molecule has 1 aromatic heterocycles. The number of rotatable bonds is 4. The molecule has 0 aliphatic carbocycles. The Morgan fingerprint density at radius 3 is 2.69 bits per heavy atom. The Kier molecular flexibility index (Phi) is 5.28. The van der Waals surface area contributed by atoms with E-state index in [2.05, 4.69) is 25.3 Å². The fourth-order valence-electron chi connectivity index (χ4n) is 3.57. The zero-order valence-corrected chi connectivity index (χ0v) is 16.2. The second-order valence-corrected chi connectivity index (χ2v) is 7.37. The molecule has 148 valence electrons. The molecule has 1 aliphatic rings. The first kappa shape index (κ1) is 19.1. The molecule has 3 aromatic rings. The maximum absolute atomic E-state index is 13.8. The van der Waals surface area contributed by atoms with E-state index in [9.17, 15) is 9.50 Å². The third kappa shape index (κ3) is 3.98. The van der Waals surface area contributed by atoms with Gasteiger partial charge < -0.3 is 15.3 Å². The van der Waals surface area contributed by atoms with Gasteiger partial charge in [0.2, 0.25) is 0 Å². The summed E-state index contributed by atoms with van der Waals surface area (Å²) in [4.78, 5) is 5.65. The largest absolute Gasteiger partial charge is 0.393 e. The highest BCUT2D eigenvalue weighted by atomic mass is 19.1. The van der Waals surface area contributed by atoms with Gasteiger partial charge in [0.05, 0.1) is 12.7 Å². The van der Waals surface area contributed by atoms with Crippen molar-refractivity contribution in [1.29, 1.82) is 0 Å². The van der Waals surface area contributed by atoms with E-state index in [4.69, 9.17) is 6.57 Å². The molecule has 0 atom stereocenters. The number of hydrogen-bond acceptors (Lipinski definition) is 5. The number of fused-ring (bicyclic) bond motifs is 1. The van der Waals surface area contributed by atoms with Gasteiger partial charge in [-0.25, -0.2) is 9.24 Å². The van der Waals surface area contributed by atoms with Crippen LogP contribution in [-0.4, -0.2) is 34.5 Å². The molecule has 2 aromatic carbocycles. The first-order chi connectivity index (χ1) is 14.0. The van der Waals surface area contributed by atoms with Crippen LogP contribution in [0.4, 0.5) is 21.7 Å². The lowest BCUT2D eigenvalue weighted by molar-refractivity contribution is 0.145. The number of hydrogen-bond donors (Lipinski definition) is 2. The molecule has 1 saturated heterocycles. The van der Waals surface area contributed by atoms with Crippen molar-refractivity contribution in [1.82, 2.24) is 10.2 Å². The molecule has 1 aliphatic heterocycles.